The smallest absolute Gasteiger partial charge is 0.334 e. The summed E-state index contributed by atoms with van der Waals surface area (Å²) in [6.45, 7) is 4.01. The van der Waals surface area contributed by atoms with Crippen molar-refractivity contribution < 1.29 is 19.1 Å². The van der Waals surface area contributed by atoms with Gasteiger partial charge in [0.15, 0.2) is 0 Å². The van der Waals surface area contributed by atoms with Crippen LogP contribution < -0.4 is 4.74 Å². The van der Waals surface area contributed by atoms with Crippen LogP contribution in [0.4, 0.5) is 4.79 Å². The molecule has 0 N–H and O–H groups in total. The van der Waals surface area contributed by atoms with Crippen molar-refractivity contribution in [1.29, 1.82) is 0 Å². The predicted molar refractivity (Wildman–Crippen MR) is 95.4 cm³/mol. The molecule has 134 valence electrons. The van der Waals surface area contributed by atoms with Crippen LogP contribution >= 0.6 is 0 Å². The average Bonchev–Trinajstić information content (AvgIpc) is 2.79. The van der Waals surface area contributed by atoms with E-state index < -0.39 is 17.8 Å². The maximum atomic E-state index is 12.6. The molecule has 1 heterocycles. The molecule has 6 heteroatoms. The normalized spacial score (nSPS) is 14.3. The molecule has 6 nitrogen and oxygen atoms in total. The zero-order chi connectivity index (χ0) is 18.8. The largest absolute Gasteiger partial charge is 0.497 e. The van der Waals surface area contributed by atoms with Crippen molar-refractivity contribution in [2.24, 2.45) is 0 Å². The summed E-state index contributed by atoms with van der Waals surface area (Å²) in [7, 11) is 1.54. The highest BCUT2D eigenvalue weighted by Crippen LogP contribution is 2.21. The molecule has 0 radical (unpaired) electrons. The number of hydrogen-bond acceptors (Lipinski definition) is 4. The number of imide groups is 2. The lowest BCUT2D eigenvalue weighted by Crippen LogP contribution is -2.32. The molecule has 0 aliphatic carbocycles. The third-order valence-electron chi connectivity index (χ3n) is 4.23. The second kappa shape index (κ2) is 7.00. The summed E-state index contributed by atoms with van der Waals surface area (Å²) in [6, 6.07) is 12.3. The number of nitrogens with zero attached hydrogens (tertiary/aromatic N) is 2. The minimum Gasteiger partial charge on any atom is -0.497 e. The Morgan fingerprint density at radius 3 is 1.96 bits per heavy atom. The van der Waals surface area contributed by atoms with E-state index >= 15 is 0 Å². The van der Waals surface area contributed by atoms with Gasteiger partial charge in [0.1, 0.15) is 5.75 Å². The highest BCUT2D eigenvalue weighted by Gasteiger charge is 2.44. The fourth-order valence-electron chi connectivity index (χ4n) is 3.13. The molecule has 0 spiro atoms. The molecule has 0 unspecified atom stereocenters. The Balaban J connectivity index is 1.80. The number of hydrogen-bond donors (Lipinski definition) is 0. The van der Waals surface area contributed by atoms with Crippen LogP contribution in [0.3, 0.4) is 0 Å². The summed E-state index contributed by atoms with van der Waals surface area (Å²) in [5.41, 5.74) is 3.62. The zero-order valence-corrected chi connectivity index (χ0v) is 15.0. The van der Waals surface area contributed by atoms with E-state index in [0.717, 1.165) is 26.5 Å². The van der Waals surface area contributed by atoms with Crippen molar-refractivity contribution in [3.8, 4) is 5.75 Å². The van der Waals surface area contributed by atoms with Crippen molar-refractivity contribution in [2.75, 3.05) is 7.11 Å². The number of urea groups is 1. The Bertz CT molecular complexity index is 871. The summed E-state index contributed by atoms with van der Waals surface area (Å²) < 4.78 is 5.15. The minimum atomic E-state index is -0.804. The van der Waals surface area contributed by atoms with E-state index in [2.05, 4.69) is 0 Å². The van der Waals surface area contributed by atoms with E-state index in [9.17, 15) is 14.4 Å². The molecule has 0 atom stereocenters. The Kier molecular flexibility index (Phi) is 4.75. The highest BCUT2D eigenvalue weighted by atomic mass is 16.5. The number of carbonyl (C=O) groups excluding carboxylic acids is 3. The summed E-state index contributed by atoms with van der Waals surface area (Å²) in [4.78, 5) is 39.2. The van der Waals surface area contributed by atoms with Crippen molar-refractivity contribution in [2.45, 2.75) is 26.9 Å². The quantitative estimate of drug-likeness (QED) is 0.613. The van der Waals surface area contributed by atoms with Crippen molar-refractivity contribution in [3.05, 3.63) is 64.7 Å². The molecule has 1 aliphatic heterocycles. The lowest BCUT2D eigenvalue weighted by molar-refractivity contribution is -0.143. The lowest BCUT2D eigenvalue weighted by Gasteiger charge is -2.16. The first-order valence-corrected chi connectivity index (χ1v) is 8.26. The molecular weight excluding hydrogens is 332 g/mol. The van der Waals surface area contributed by atoms with Crippen molar-refractivity contribution in [3.63, 3.8) is 0 Å². The highest BCUT2D eigenvalue weighted by molar-refractivity contribution is 6.44. The fraction of sp³-hybridized carbons (Fsp3) is 0.250. The van der Waals surface area contributed by atoms with Gasteiger partial charge in [-0.25, -0.2) is 4.79 Å². The van der Waals surface area contributed by atoms with Gasteiger partial charge in [0.25, 0.3) is 0 Å². The van der Waals surface area contributed by atoms with Crippen molar-refractivity contribution in [1.82, 2.24) is 9.80 Å². The van der Waals surface area contributed by atoms with Gasteiger partial charge in [-0.3, -0.25) is 19.4 Å². The van der Waals surface area contributed by atoms with E-state index in [1.165, 1.54) is 0 Å². The SMILES string of the molecule is COc1cccc(CN2C(=O)C(=O)N(Cc3cc(C)cc(C)c3)C2=O)c1. The van der Waals surface area contributed by atoms with Crippen LogP contribution in [0.2, 0.25) is 0 Å². The third-order valence-corrected chi connectivity index (χ3v) is 4.23. The Labute approximate surface area is 152 Å². The fourth-order valence-corrected chi connectivity index (χ4v) is 3.13. The number of carbonyl (C=O) groups is 3. The summed E-state index contributed by atoms with van der Waals surface area (Å²) in [6.07, 6.45) is 0. The molecule has 26 heavy (non-hydrogen) atoms. The first-order chi connectivity index (χ1) is 12.4. The van der Waals surface area contributed by atoms with E-state index in [0.29, 0.717) is 11.3 Å². The predicted octanol–water partition coefficient (Wildman–Crippen LogP) is 2.80. The summed E-state index contributed by atoms with van der Waals surface area (Å²) >= 11 is 0. The van der Waals surface area contributed by atoms with Crippen LogP contribution in [0.1, 0.15) is 22.3 Å². The van der Waals surface area contributed by atoms with Gasteiger partial charge in [0.05, 0.1) is 20.2 Å². The van der Waals surface area contributed by atoms with Crippen LogP contribution in [0.25, 0.3) is 0 Å². The first kappa shape index (κ1) is 17.7. The topological polar surface area (TPSA) is 66.9 Å². The number of ether oxygens (including phenoxy) is 1. The average molecular weight is 352 g/mol. The molecule has 0 bridgehead atoms. The number of aryl methyl sites for hydroxylation is 2. The zero-order valence-electron chi connectivity index (χ0n) is 15.0. The van der Waals surface area contributed by atoms with Gasteiger partial charge in [0, 0.05) is 0 Å². The molecule has 1 aliphatic rings. The standard InChI is InChI=1S/C20H20N2O4/c1-13-7-14(2)9-16(8-13)12-22-19(24)18(23)21(20(22)25)11-15-5-4-6-17(10-15)26-3/h4-10H,11-12H2,1-3H3. The van der Waals surface area contributed by atoms with Gasteiger partial charge in [-0.2, -0.15) is 0 Å². The molecule has 1 saturated heterocycles. The van der Waals surface area contributed by atoms with Crippen LogP contribution in [-0.4, -0.2) is 34.8 Å². The minimum absolute atomic E-state index is 0.0317. The van der Waals surface area contributed by atoms with Gasteiger partial charge in [-0.1, -0.05) is 41.5 Å². The maximum absolute atomic E-state index is 12.6. The van der Waals surface area contributed by atoms with E-state index in [-0.39, 0.29) is 13.1 Å². The Morgan fingerprint density at radius 2 is 1.38 bits per heavy atom. The van der Waals surface area contributed by atoms with Crippen molar-refractivity contribution >= 4 is 17.8 Å². The Hall–Kier alpha value is -3.15. The summed E-state index contributed by atoms with van der Waals surface area (Å²) in [5.74, 6) is -0.973. The third kappa shape index (κ3) is 3.44. The van der Waals surface area contributed by atoms with Gasteiger partial charge >= 0.3 is 17.8 Å². The van der Waals surface area contributed by atoms with Gasteiger partial charge < -0.3 is 4.74 Å². The summed E-state index contributed by atoms with van der Waals surface area (Å²) in [5, 5.41) is 0. The van der Waals surface area contributed by atoms with Gasteiger partial charge in [-0.15, -0.1) is 0 Å². The lowest BCUT2D eigenvalue weighted by atomic mass is 10.1. The second-order valence-electron chi connectivity index (χ2n) is 6.41. The number of methoxy groups -OCH3 is 1. The first-order valence-electron chi connectivity index (χ1n) is 8.26. The second-order valence-corrected chi connectivity index (χ2v) is 6.41. The molecule has 2 aromatic rings. The van der Waals surface area contributed by atoms with Gasteiger partial charge in [0.2, 0.25) is 0 Å². The van der Waals surface area contributed by atoms with E-state index in [1.54, 1.807) is 31.4 Å². The molecule has 3 rings (SSSR count). The van der Waals surface area contributed by atoms with E-state index in [1.807, 2.05) is 32.0 Å². The van der Waals surface area contributed by atoms with Gasteiger partial charge in [-0.05, 0) is 37.1 Å². The molecule has 0 saturated carbocycles. The molecular formula is C20H20N2O4. The molecule has 1 fully saturated rings. The Morgan fingerprint density at radius 1 is 0.808 bits per heavy atom. The molecule has 0 aromatic heterocycles. The van der Waals surface area contributed by atoms with Crippen LogP contribution in [0.5, 0.6) is 5.75 Å². The van der Waals surface area contributed by atoms with Crippen LogP contribution in [0, 0.1) is 13.8 Å². The van der Waals surface area contributed by atoms with Crippen LogP contribution in [-0.2, 0) is 22.7 Å². The number of benzene rings is 2. The molecule has 2 aromatic carbocycles. The van der Waals surface area contributed by atoms with Crippen LogP contribution in [0.15, 0.2) is 42.5 Å². The number of amides is 4. The maximum Gasteiger partial charge on any atom is 0.334 e. The number of rotatable bonds is 5. The van der Waals surface area contributed by atoms with E-state index in [4.69, 9.17) is 4.74 Å². The monoisotopic (exact) mass is 352 g/mol. The molecule has 4 amide bonds.